The van der Waals surface area contributed by atoms with Gasteiger partial charge in [-0.2, -0.15) is 5.10 Å². The number of ketones is 1. The minimum Gasteiger partial charge on any atom is -0.360 e. The fourth-order valence-electron chi connectivity index (χ4n) is 2.05. The van der Waals surface area contributed by atoms with Crippen molar-refractivity contribution in [2.24, 2.45) is 0 Å². The summed E-state index contributed by atoms with van der Waals surface area (Å²) >= 11 is 0. The SMILES string of the molecule is CC(=O)c1cccc2cnn(COCC[Si](C)(C)C)c12. The predicted molar refractivity (Wildman–Crippen MR) is 83.8 cm³/mol. The molecule has 4 nitrogen and oxygen atoms in total. The summed E-state index contributed by atoms with van der Waals surface area (Å²) in [6, 6.07) is 6.82. The van der Waals surface area contributed by atoms with Crippen molar-refractivity contribution in [3.63, 3.8) is 0 Å². The van der Waals surface area contributed by atoms with Crippen LogP contribution in [0.5, 0.6) is 0 Å². The molecule has 0 saturated carbocycles. The molecule has 0 radical (unpaired) electrons. The standard InChI is InChI=1S/C15H22N2O2Si/c1-12(18)14-7-5-6-13-10-16-17(15(13)14)11-19-8-9-20(2,3)4/h5-7,10H,8-9,11H2,1-4H3. The Morgan fingerprint density at radius 2 is 2.10 bits per heavy atom. The molecule has 0 bridgehead atoms. The summed E-state index contributed by atoms with van der Waals surface area (Å²) in [6.07, 6.45) is 1.78. The van der Waals surface area contributed by atoms with Crippen molar-refractivity contribution >= 4 is 24.8 Å². The van der Waals surface area contributed by atoms with Gasteiger partial charge in [-0.05, 0) is 19.0 Å². The third kappa shape index (κ3) is 3.55. The quantitative estimate of drug-likeness (QED) is 0.464. The summed E-state index contributed by atoms with van der Waals surface area (Å²) in [6.45, 7) is 9.71. The lowest BCUT2D eigenvalue weighted by Gasteiger charge is -2.15. The Morgan fingerprint density at radius 1 is 1.35 bits per heavy atom. The first-order valence-corrected chi connectivity index (χ1v) is 10.6. The van der Waals surface area contributed by atoms with E-state index in [2.05, 4.69) is 24.7 Å². The molecule has 1 heterocycles. The fraction of sp³-hybridized carbons (Fsp3) is 0.467. The lowest BCUT2D eigenvalue weighted by atomic mass is 10.1. The normalized spacial score (nSPS) is 12.0. The molecule has 20 heavy (non-hydrogen) atoms. The van der Waals surface area contributed by atoms with Gasteiger partial charge in [0.05, 0.1) is 11.7 Å². The molecular formula is C15H22N2O2Si. The summed E-state index contributed by atoms with van der Waals surface area (Å²) in [4.78, 5) is 11.7. The van der Waals surface area contributed by atoms with Crippen LogP contribution in [0.1, 0.15) is 17.3 Å². The molecule has 1 aromatic carbocycles. The molecule has 108 valence electrons. The van der Waals surface area contributed by atoms with Gasteiger partial charge in [0.25, 0.3) is 0 Å². The van der Waals surface area contributed by atoms with Crippen molar-refractivity contribution in [1.82, 2.24) is 9.78 Å². The van der Waals surface area contributed by atoms with Crippen LogP contribution in [0.4, 0.5) is 0 Å². The second-order valence-corrected chi connectivity index (χ2v) is 11.9. The van der Waals surface area contributed by atoms with Gasteiger partial charge in [0.1, 0.15) is 6.73 Å². The molecule has 5 heteroatoms. The molecular weight excluding hydrogens is 268 g/mol. The van der Waals surface area contributed by atoms with Crippen molar-refractivity contribution in [3.8, 4) is 0 Å². The number of benzene rings is 1. The first-order valence-electron chi connectivity index (χ1n) is 6.92. The van der Waals surface area contributed by atoms with Crippen molar-refractivity contribution in [3.05, 3.63) is 30.0 Å². The number of carbonyl (C=O) groups is 1. The summed E-state index contributed by atoms with van der Waals surface area (Å²) < 4.78 is 7.49. The van der Waals surface area contributed by atoms with E-state index in [0.717, 1.165) is 23.6 Å². The lowest BCUT2D eigenvalue weighted by Crippen LogP contribution is -2.22. The summed E-state index contributed by atoms with van der Waals surface area (Å²) in [5, 5.41) is 5.30. The number of ether oxygens (including phenoxy) is 1. The Balaban J connectivity index is 2.13. The minimum absolute atomic E-state index is 0.0550. The van der Waals surface area contributed by atoms with E-state index in [9.17, 15) is 4.79 Å². The van der Waals surface area contributed by atoms with Gasteiger partial charge in [0, 0.05) is 25.6 Å². The maximum absolute atomic E-state index is 11.7. The van der Waals surface area contributed by atoms with Gasteiger partial charge in [0.2, 0.25) is 0 Å². The van der Waals surface area contributed by atoms with Gasteiger partial charge in [-0.25, -0.2) is 4.68 Å². The highest BCUT2D eigenvalue weighted by Crippen LogP contribution is 2.19. The zero-order valence-corrected chi connectivity index (χ0v) is 13.6. The van der Waals surface area contributed by atoms with E-state index in [1.165, 1.54) is 0 Å². The number of hydrogen-bond acceptors (Lipinski definition) is 3. The predicted octanol–water partition coefficient (Wildman–Crippen LogP) is 3.55. The average Bonchev–Trinajstić information content (AvgIpc) is 2.76. The van der Waals surface area contributed by atoms with Gasteiger partial charge in [-0.15, -0.1) is 0 Å². The smallest absolute Gasteiger partial charge is 0.161 e. The third-order valence-electron chi connectivity index (χ3n) is 3.25. The van der Waals surface area contributed by atoms with E-state index >= 15 is 0 Å². The molecule has 0 fully saturated rings. The highest BCUT2D eigenvalue weighted by atomic mass is 28.3. The maximum atomic E-state index is 11.7. The Hall–Kier alpha value is -1.46. The molecule has 0 aliphatic carbocycles. The maximum Gasteiger partial charge on any atom is 0.161 e. The molecule has 0 saturated heterocycles. The number of hydrogen-bond donors (Lipinski definition) is 0. The van der Waals surface area contributed by atoms with Crippen molar-refractivity contribution in [2.75, 3.05) is 6.61 Å². The monoisotopic (exact) mass is 290 g/mol. The molecule has 2 aromatic rings. The van der Waals surface area contributed by atoms with Crippen LogP contribution in [0.2, 0.25) is 25.7 Å². The second-order valence-electron chi connectivity index (χ2n) is 6.29. The van der Waals surface area contributed by atoms with Gasteiger partial charge in [0.15, 0.2) is 5.78 Å². The average molecular weight is 290 g/mol. The Morgan fingerprint density at radius 3 is 2.75 bits per heavy atom. The van der Waals surface area contributed by atoms with Crippen LogP contribution in [0.15, 0.2) is 24.4 Å². The highest BCUT2D eigenvalue weighted by molar-refractivity contribution is 6.76. The van der Waals surface area contributed by atoms with Crippen LogP contribution < -0.4 is 0 Å². The van der Waals surface area contributed by atoms with Gasteiger partial charge in [-0.1, -0.05) is 31.8 Å². The van der Waals surface area contributed by atoms with E-state index < -0.39 is 8.07 Å². The Kier molecular flexibility index (Phi) is 4.40. The Bertz CT molecular complexity index is 614. The zero-order chi connectivity index (χ0) is 14.8. The largest absolute Gasteiger partial charge is 0.360 e. The second kappa shape index (κ2) is 5.89. The van der Waals surface area contributed by atoms with Crippen molar-refractivity contribution < 1.29 is 9.53 Å². The minimum atomic E-state index is -1.07. The summed E-state index contributed by atoms with van der Waals surface area (Å²) in [7, 11) is -1.07. The number of aromatic nitrogens is 2. The van der Waals surface area contributed by atoms with E-state index in [4.69, 9.17) is 4.74 Å². The van der Waals surface area contributed by atoms with Gasteiger partial charge < -0.3 is 4.74 Å². The Labute approximate surface area is 120 Å². The number of para-hydroxylation sites is 1. The van der Waals surface area contributed by atoms with Gasteiger partial charge in [-0.3, -0.25) is 4.79 Å². The number of rotatable bonds is 6. The number of fused-ring (bicyclic) bond motifs is 1. The number of Topliss-reactive ketones (excluding diaryl/α,β-unsaturated/α-hetero) is 1. The van der Waals surface area contributed by atoms with E-state index in [0.29, 0.717) is 12.3 Å². The fourth-order valence-corrected chi connectivity index (χ4v) is 2.81. The topological polar surface area (TPSA) is 44.1 Å². The van der Waals surface area contributed by atoms with E-state index in [-0.39, 0.29) is 5.78 Å². The first kappa shape index (κ1) is 14.9. The van der Waals surface area contributed by atoms with Crippen LogP contribution >= 0.6 is 0 Å². The van der Waals surface area contributed by atoms with Crippen LogP contribution in [-0.4, -0.2) is 30.2 Å². The molecule has 0 unspecified atom stereocenters. The van der Waals surface area contributed by atoms with Crippen LogP contribution in [-0.2, 0) is 11.5 Å². The van der Waals surface area contributed by atoms with E-state index in [1.807, 2.05) is 18.2 Å². The molecule has 1 aromatic heterocycles. The lowest BCUT2D eigenvalue weighted by molar-refractivity contribution is 0.0815. The summed E-state index contributed by atoms with van der Waals surface area (Å²) in [5.41, 5.74) is 1.57. The summed E-state index contributed by atoms with van der Waals surface area (Å²) in [5.74, 6) is 0.0550. The molecule has 0 aliphatic rings. The van der Waals surface area contributed by atoms with Crippen molar-refractivity contribution in [1.29, 1.82) is 0 Å². The van der Waals surface area contributed by atoms with Crippen LogP contribution in [0, 0.1) is 0 Å². The molecule has 0 atom stereocenters. The molecule has 0 aliphatic heterocycles. The third-order valence-corrected chi connectivity index (χ3v) is 4.95. The molecule has 0 N–H and O–H groups in total. The number of carbonyl (C=O) groups excluding carboxylic acids is 1. The molecule has 0 spiro atoms. The molecule has 2 rings (SSSR count). The van der Waals surface area contributed by atoms with Gasteiger partial charge >= 0.3 is 0 Å². The molecule has 0 amide bonds. The zero-order valence-electron chi connectivity index (χ0n) is 12.6. The number of nitrogens with zero attached hydrogens (tertiary/aromatic N) is 2. The van der Waals surface area contributed by atoms with Crippen molar-refractivity contribution in [2.45, 2.75) is 39.3 Å². The van der Waals surface area contributed by atoms with E-state index in [1.54, 1.807) is 17.8 Å². The van der Waals surface area contributed by atoms with Crippen LogP contribution in [0.25, 0.3) is 10.9 Å². The first-order chi connectivity index (χ1) is 9.38. The highest BCUT2D eigenvalue weighted by Gasteiger charge is 2.13. The van der Waals surface area contributed by atoms with Crippen LogP contribution in [0.3, 0.4) is 0 Å².